The summed E-state index contributed by atoms with van der Waals surface area (Å²) in [5.41, 5.74) is 0.612. The summed E-state index contributed by atoms with van der Waals surface area (Å²) in [7, 11) is -3.46. The van der Waals surface area contributed by atoms with Gasteiger partial charge in [0.15, 0.2) is 0 Å². The van der Waals surface area contributed by atoms with E-state index in [0.717, 1.165) is 45.1 Å². The van der Waals surface area contributed by atoms with Crippen molar-refractivity contribution in [2.75, 3.05) is 19.6 Å². The van der Waals surface area contributed by atoms with Crippen LogP contribution in [-0.2, 0) is 10.0 Å². The highest BCUT2D eigenvalue weighted by Gasteiger charge is 2.36. The van der Waals surface area contributed by atoms with Crippen LogP contribution in [0.4, 0.5) is 0 Å². The lowest BCUT2D eigenvalue weighted by Gasteiger charge is -2.44. The van der Waals surface area contributed by atoms with E-state index in [0.29, 0.717) is 35.5 Å². The number of hydrogen-bond acceptors (Lipinski definition) is 3. The third-order valence-electron chi connectivity index (χ3n) is 6.81. The first-order valence-corrected chi connectivity index (χ1v) is 12.4. The van der Waals surface area contributed by atoms with Gasteiger partial charge in [0.25, 0.3) is 5.91 Å². The van der Waals surface area contributed by atoms with E-state index < -0.39 is 10.0 Å². The van der Waals surface area contributed by atoms with Gasteiger partial charge in [0.05, 0.1) is 4.90 Å². The molecule has 2 heterocycles. The van der Waals surface area contributed by atoms with Gasteiger partial charge in [0, 0.05) is 31.2 Å². The van der Waals surface area contributed by atoms with Crippen molar-refractivity contribution in [2.45, 2.75) is 75.1 Å². The van der Waals surface area contributed by atoms with Crippen molar-refractivity contribution < 1.29 is 13.2 Å². The Morgan fingerprint density at radius 2 is 1.43 bits per heavy atom. The van der Waals surface area contributed by atoms with Gasteiger partial charge < -0.3 is 4.90 Å². The number of sulfonamides is 1. The Morgan fingerprint density at radius 1 is 0.786 bits per heavy atom. The van der Waals surface area contributed by atoms with Crippen molar-refractivity contribution in [2.24, 2.45) is 5.92 Å². The fourth-order valence-electron chi connectivity index (χ4n) is 5.24. The average molecular weight is 405 g/mol. The van der Waals surface area contributed by atoms with Crippen LogP contribution >= 0.6 is 0 Å². The number of piperidine rings is 1. The van der Waals surface area contributed by atoms with Crippen LogP contribution in [0.2, 0.25) is 0 Å². The van der Waals surface area contributed by atoms with E-state index in [1.54, 1.807) is 28.6 Å². The molecule has 1 amide bonds. The molecule has 2 aliphatic heterocycles. The molecule has 2 saturated heterocycles. The van der Waals surface area contributed by atoms with Gasteiger partial charge in [-0.25, -0.2) is 8.42 Å². The largest absolute Gasteiger partial charge is 0.335 e. The molecule has 0 unspecified atom stereocenters. The molecule has 6 heteroatoms. The average Bonchev–Trinajstić information content (AvgIpc) is 3.03. The third-order valence-corrected chi connectivity index (χ3v) is 8.72. The standard InChI is InChI=1S/C22H32N2O3S/c25-22(24-17-7-9-18-8-3-4-10-21(18)24)19-11-13-20(14-12-19)28(26,27)23-15-5-1-2-6-16-23/h11-14,18,21H,1-10,15-17H2/t18-,21-/m1/s1. The molecule has 3 fully saturated rings. The molecule has 0 aromatic heterocycles. The molecule has 3 aliphatic rings. The van der Waals surface area contributed by atoms with Gasteiger partial charge in [-0.3, -0.25) is 4.79 Å². The van der Waals surface area contributed by atoms with Crippen LogP contribution in [0.15, 0.2) is 29.2 Å². The minimum atomic E-state index is -3.46. The summed E-state index contributed by atoms with van der Waals surface area (Å²) >= 11 is 0. The Morgan fingerprint density at radius 3 is 2.14 bits per heavy atom. The second-order valence-corrected chi connectivity index (χ2v) is 10.5. The number of hydrogen-bond donors (Lipinski definition) is 0. The Labute approximate surface area is 169 Å². The van der Waals surface area contributed by atoms with E-state index in [1.165, 1.54) is 25.7 Å². The molecule has 1 aliphatic carbocycles. The maximum absolute atomic E-state index is 13.1. The summed E-state index contributed by atoms with van der Waals surface area (Å²) < 4.78 is 27.5. The number of rotatable bonds is 3. The normalized spacial score (nSPS) is 27.1. The van der Waals surface area contributed by atoms with Crippen LogP contribution in [-0.4, -0.2) is 49.2 Å². The maximum Gasteiger partial charge on any atom is 0.254 e. The van der Waals surface area contributed by atoms with Gasteiger partial charge in [0.1, 0.15) is 0 Å². The first kappa shape index (κ1) is 19.9. The monoisotopic (exact) mass is 404 g/mol. The Kier molecular flexibility index (Phi) is 6.07. The zero-order valence-corrected chi connectivity index (χ0v) is 17.5. The topological polar surface area (TPSA) is 57.7 Å². The van der Waals surface area contributed by atoms with E-state index in [-0.39, 0.29) is 5.91 Å². The lowest BCUT2D eigenvalue weighted by atomic mass is 9.78. The van der Waals surface area contributed by atoms with E-state index in [4.69, 9.17) is 0 Å². The third kappa shape index (κ3) is 3.99. The number of nitrogens with zero attached hydrogens (tertiary/aromatic N) is 2. The Balaban J connectivity index is 1.50. The second kappa shape index (κ2) is 8.54. The molecule has 4 rings (SSSR count). The molecular formula is C22H32N2O3S. The molecule has 1 aromatic carbocycles. The second-order valence-electron chi connectivity index (χ2n) is 8.60. The zero-order valence-electron chi connectivity index (χ0n) is 16.7. The molecule has 1 aromatic rings. The number of benzene rings is 1. The fourth-order valence-corrected chi connectivity index (χ4v) is 6.76. The predicted octanol–water partition coefficient (Wildman–Crippen LogP) is 4.05. The molecule has 28 heavy (non-hydrogen) atoms. The number of amides is 1. The van der Waals surface area contributed by atoms with Gasteiger partial charge in [-0.15, -0.1) is 0 Å². The quantitative estimate of drug-likeness (QED) is 0.764. The molecule has 0 spiro atoms. The lowest BCUT2D eigenvalue weighted by Crippen LogP contribution is -2.49. The van der Waals surface area contributed by atoms with Gasteiger partial charge in [-0.2, -0.15) is 4.31 Å². The highest BCUT2D eigenvalue weighted by Crippen LogP contribution is 2.36. The first-order chi connectivity index (χ1) is 13.6. The summed E-state index contributed by atoms with van der Waals surface area (Å²) in [5.74, 6) is 0.712. The molecule has 1 saturated carbocycles. The smallest absolute Gasteiger partial charge is 0.254 e. The van der Waals surface area contributed by atoms with Crippen molar-refractivity contribution >= 4 is 15.9 Å². The summed E-state index contributed by atoms with van der Waals surface area (Å²) in [6.07, 6.45) is 11.2. The van der Waals surface area contributed by atoms with Gasteiger partial charge in [0.2, 0.25) is 10.0 Å². The van der Waals surface area contributed by atoms with Crippen LogP contribution in [0.3, 0.4) is 0 Å². The first-order valence-electron chi connectivity index (χ1n) is 11.0. The molecule has 154 valence electrons. The number of carbonyl (C=O) groups is 1. The SMILES string of the molecule is O=C(c1ccc(S(=O)(=O)N2CCCCCC2)cc1)N1CCC[C@H]2CCCC[C@H]21. The van der Waals surface area contributed by atoms with Crippen molar-refractivity contribution in [1.29, 1.82) is 0 Å². The van der Waals surface area contributed by atoms with E-state index in [1.807, 2.05) is 0 Å². The van der Waals surface area contributed by atoms with Gasteiger partial charge in [-0.1, -0.05) is 25.7 Å². The van der Waals surface area contributed by atoms with Crippen molar-refractivity contribution in [3.8, 4) is 0 Å². The lowest BCUT2D eigenvalue weighted by molar-refractivity contribution is 0.0390. The van der Waals surface area contributed by atoms with Crippen molar-refractivity contribution in [3.63, 3.8) is 0 Å². The Bertz CT molecular complexity index is 781. The number of likely N-dealkylation sites (tertiary alicyclic amines) is 1. The van der Waals surface area contributed by atoms with E-state index in [2.05, 4.69) is 4.90 Å². The minimum absolute atomic E-state index is 0.0651. The van der Waals surface area contributed by atoms with Crippen LogP contribution < -0.4 is 0 Å². The zero-order chi connectivity index (χ0) is 19.6. The molecule has 0 bridgehead atoms. The van der Waals surface area contributed by atoms with Crippen LogP contribution in [0, 0.1) is 5.92 Å². The van der Waals surface area contributed by atoms with Crippen molar-refractivity contribution in [1.82, 2.24) is 9.21 Å². The summed E-state index contributed by atoms with van der Waals surface area (Å²) in [5, 5.41) is 0. The molecule has 0 radical (unpaired) electrons. The highest BCUT2D eigenvalue weighted by atomic mass is 32.2. The molecular weight excluding hydrogens is 372 g/mol. The molecule has 0 N–H and O–H groups in total. The predicted molar refractivity (Wildman–Crippen MR) is 110 cm³/mol. The summed E-state index contributed by atoms with van der Waals surface area (Å²) in [6.45, 7) is 2.02. The summed E-state index contributed by atoms with van der Waals surface area (Å²) in [6, 6.07) is 7.03. The number of carbonyl (C=O) groups excluding carboxylic acids is 1. The van der Waals surface area contributed by atoms with Crippen LogP contribution in [0.25, 0.3) is 0 Å². The maximum atomic E-state index is 13.1. The van der Waals surface area contributed by atoms with Crippen molar-refractivity contribution in [3.05, 3.63) is 29.8 Å². The fraction of sp³-hybridized carbons (Fsp3) is 0.682. The number of fused-ring (bicyclic) bond motifs is 1. The molecule has 2 atom stereocenters. The van der Waals surface area contributed by atoms with Gasteiger partial charge in [-0.05, 0) is 68.7 Å². The minimum Gasteiger partial charge on any atom is -0.335 e. The van der Waals surface area contributed by atoms with Crippen LogP contribution in [0.1, 0.15) is 74.6 Å². The van der Waals surface area contributed by atoms with E-state index in [9.17, 15) is 13.2 Å². The molecule has 5 nitrogen and oxygen atoms in total. The highest BCUT2D eigenvalue weighted by molar-refractivity contribution is 7.89. The Hall–Kier alpha value is -1.40. The summed E-state index contributed by atoms with van der Waals surface area (Å²) in [4.78, 5) is 15.5. The van der Waals surface area contributed by atoms with Crippen LogP contribution in [0.5, 0.6) is 0 Å². The van der Waals surface area contributed by atoms with E-state index >= 15 is 0 Å². The van der Waals surface area contributed by atoms with Gasteiger partial charge >= 0.3 is 0 Å².